The third-order valence-electron chi connectivity index (χ3n) is 4.88. The summed E-state index contributed by atoms with van der Waals surface area (Å²) in [6, 6.07) is 5.17. The maximum atomic E-state index is 12.6. The van der Waals surface area contributed by atoms with E-state index < -0.39 is 16.9 Å². The van der Waals surface area contributed by atoms with Crippen LogP contribution in [0, 0.1) is 16.0 Å². The number of carbonyl (C=O) groups excluding carboxylic acids is 2. The van der Waals surface area contributed by atoms with Crippen molar-refractivity contribution >= 4 is 29.3 Å². The second kappa shape index (κ2) is 7.23. The van der Waals surface area contributed by atoms with Crippen molar-refractivity contribution in [2.75, 3.05) is 0 Å². The molecule has 3 unspecified atom stereocenters. The van der Waals surface area contributed by atoms with Crippen LogP contribution >= 0.6 is 11.8 Å². The van der Waals surface area contributed by atoms with Gasteiger partial charge in [-0.05, 0) is 17.7 Å². The van der Waals surface area contributed by atoms with Crippen molar-refractivity contribution in [3.8, 4) is 0 Å². The van der Waals surface area contributed by atoms with Crippen LogP contribution in [0.25, 0.3) is 0 Å². The van der Waals surface area contributed by atoms with Gasteiger partial charge in [-0.1, -0.05) is 6.92 Å². The Labute approximate surface area is 164 Å². The van der Waals surface area contributed by atoms with E-state index in [1.807, 2.05) is 6.92 Å². The van der Waals surface area contributed by atoms with Crippen molar-refractivity contribution in [3.63, 3.8) is 0 Å². The molecule has 2 fully saturated rings. The molecule has 2 aliphatic rings. The van der Waals surface area contributed by atoms with Crippen LogP contribution in [0.1, 0.15) is 12.5 Å². The Morgan fingerprint density at radius 3 is 2.61 bits per heavy atom. The van der Waals surface area contributed by atoms with Gasteiger partial charge in [-0.3, -0.25) is 14.9 Å². The number of aromatic nitrogens is 3. The lowest BCUT2D eigenvalue weighted by molar-refractivity contribution is -0.384. The first-order valence-electron chi connectivity index (χ1n) is 8.67. The predicted molar refractivity (Wildman–Crippen MR) is 97.9 cm³/mol. The third kappa shape index (κ3) is 3.21. The van der Waals surface area contributed by atoms with Gasteiger partial charge in [0.2, 0.25) is 5.91 Å². The highest BCUT2D eigenvalue weighted by molar-refractivity contribution is 8.01. The normalized spacial score (nSPS) is 25.9. The highest BCUT2D eigenvalue weighted by Crippen LogP contribution is 2.48. The van der Waals surface area contributed by atoms with Crippen LogP contribution in [0.3, 0.4) is 0 Å². The van der Waals surface area contributed by atoms with E-state index in [0.717, 1.165) is 0 Å². The SMILES string of the molecule is CC1S[C@H]2C(Cn3nccn3)C(=O)N2C1C(=O)OCc1ccc([N+](=O)[O-])cc1. The Balaban J connectivity index is 1.37. The Hall–Kier alpha value is -2.95. The second-order valence-corrected chi connectivity index (χ2v) is 8.14. The standard InChI is InChI=1S/C17H17N5O5S/c1-10-14(17(24)27-9-11-2-4-12(5-3-11)22(25)26)21-15(23)13(16(21)28-10)8-20-18-6-7-19-20/h2-7,10,13-14,16H,8-9H2,1H3/t10?,13?,14?,16-/m0/s1. The molecule has 0 radical (unpaired) electrons. The van der Waals surface area contributed by atoms with E-state index in [4.69, 9.17) is 4.74 Å². The maximum Gasteiger partial charge on any atom is 0.330 e. The topological polar surface area (TPSA) is 120 Å². The molecule has 28 heavy (non-hydrogen) atoms. The largest absolute Gasteiger partial charge is 0.459 e. The van der Waals surface area contributed by atoms with Crippen LogP contribution < -0.4 is 0 Å². The van der Waals surface area contributed by atoms with E-state index in [0.29, 0.717) is 12.1 Å². The second-order valence-electron chi connectivity index (χ2n) is 6.64. The number of fused-ring (bicyclic) bond motifs is 1. The van der Waals surface area contributed by atoms with Crippen molar-refractivity contribution in [1.29, 1.82) is 0 Å². The predicted octanol–water partition coefficient (Wildman–Crippen LogP) is 1.22. The zero-order valence-corrected chi connectivity index (χ0v) is 15.7. The van der Waals surface area contributed by atoms with Crippen LogP contribution in [0.5, 0.6) is 0 Å². The van der Waals surface area contributed by atoms with Gasteiger partial charge < -0.3 is 9.64 Å². The minimum Gasteiger partial charge on any atom is -0.459 e. The first-order chi connectivity index (χ1) is 13.5. The third-order valence-corrected chi connectivity index (χ3v) is 6.41. The number of nitro groups is 1. The van der Waals surface area contributed by atoms with Crippen LogP contribution in [0.2, 0.25) is 0 Å². The molecule has 4 atom stereocenters. The number of benzene rings is 1. The minimum absolute atomic E-state index is 0.00194. The van der Waals surface area contributed by atoms with Gasteiger partial charge in [-0.15, -0.1) is 11.8 Å². The Morgan fingerprint density at radius 1 is 1.29 bits per heavy atom. The Morgan fingerprint density at radius 2 is 1.96 bits per heavy atom. The average molecular weight is 403 g/mol. The zero-order valence-electron chi connectivity index (χ0n) is 14.9. The van der Waals surface area contributed by atoms with Crippen molar-refractivity contribution < 1.29 is 19.2 Å². The fraction of sp³-hybridized carbons (Fsp3) is 0.412. The lowest BCUT2D eigenvalue weighted by atomic mass is 9.95. The summed E-state index contributed by atoms with van der Waals surface area (Å²) < 4.78 is 5.38. The molecule has 0 N–H and O–H groups in total. The fourth-order valence-corrected chi connectivity index (χ4v) is 5.06. The molecule has 1 amide bonds. The van der Waals surface area contributed by atoms with Crippen molar-refractivity contribution in [3.05, 3.63) is 52.3 Å². The highest BCUT2D eigenvalue weighted by atomic mass is 32.2. The monoisotopic (exact) mass is 403 g/mol. The average Bonchev–Trinajstić information content (AvgIpc) is 3.30. The number of hydrogen-bond acceptors (Lipinski definition) is 8. The number of esters is 1. The zero-order chi connectivity index (χ0) is 19.8. The Bertz CT molecular complexity index is 903. The molecule has 11 heteroatoms. The number of β-lactam (4-membered cyclic amide) rings is 1. The molecule has 2 aliphatic heterocycles. The number of carbonyl (C=O) groups is 2. The molecule has 10 nitrogen and oxygen atoms in total. The van der Waals surface area contributed by atoms with Gasteiger partial charge in [0.1, 0.15) is 12.6 Å². The first kappa shape index (κ1) is 18.4. The number of hydrogen-bond donors (Lipinski definition) is 0. The van der Waals surface area contributed by atoms with Crippen molar-refractivity contribution in [2.24, 2.45) is 5.92 Å². The summed E-state index contributed by atoms with van der Waals surface area (Å²) >= 11 is 1.57. The van der Waals surface area contributed by atoms with Crippen LogP contribution in [0.15, 0.2) is 36.7 Å². The smallest absolute Gasteiger partial charge is 0.330 e. The highest BCUT2D eigenvalue weighted by Gasteiger charge is 2.60. The van der Waals surface area contributed by atoms with Crippen LogP contribution in [-0.4, -0.2) is 53.4 Å². The number of non-ortho nitro benzene ring substituents is 1. The molecule has 2 saturated heterocycles. The quantitative estimate of drug-likeness (QED) is 0.305. The van der Waals surface area contributed by atoms with Gasteiger partial charge >= 0.3 is 5.97 Å². The molecule has 0 aliphatic carbocycles. The maximum absolute atomic E-state index is 12.6. The number of nitro benzene ring substituents is 1. The van der Waals surface area contributed by atoms with Gasteiger partial charge in [0.15, 0.2) is 0 Å². The van der Waals surface area contributed by atoms with Gasteiger partial charge in [0.25, 0.3) is 5.69 Å². The van der Waals surface area contributed by atoms with E-state index in [9.17, 15) is 19.7 Å². The fourth-order valence-electron chi connectivity index (χ4n) is 3.47. The molecule has 1 aromatic carbocycles. The van der Waals surface area contributed by atoms with Crippen molar-refractivity contribution in [2.45, 2.75) is 36.7 Å². The summed E-state index contributed by atoms with van der Waals surface area (Å²) in [5.74, 6) is -0.825. The molecule has 2 aromatic rings. The summed E-state index contributed by atoms with van der Waals surface area (Å²) in [5.41, 5.74) is 0.619. The van der Waals surface area contributed by atoms with E-state index in [1.165, 1.54) is 16.9 Å². The summed E-state index contributed by atoms with van der Waals surface area (Å²) in [7, 11) is 0. The van der Waals surface area contributed by atoms with E-state index in [2.05, 4.69) is 10.2 Å². The van der Waals surface area contributed by atoms with Crippen LogP contribution in [0.4, 0.5) is 5.69 Å². The molecular formula is C17H17N5O5S. The van der Waals surface area contributed by atoms with Gasteiger partial charge in [0.05, 0.1) is 35.2 Å². The molecule has 0 spiro atoms. The molecular weight excluding hydrogens is 386 g/mol. The van der Waals surface area contributed by atoms with Gasteiger partial charge in [0, 0.05) is 17.4 Å². The molecule has 0 bridgehead atoms. The summed E-state index contributed by atoms with van der Waals surface area (Å²) in [6.07, 6.45) is 3.12. The lowest BCUT2D eigenvalue weighted by Gasteiger charge is -2.43. The first-order valence-corrected chi connectivity index (χ1v) is 9.61. The van der Waals surface area contributed by atoms with Gasteiger partial charge in [-0.2, -0.15) is 15.0 Å². The Kier molecular flexibility index (Phi) is 4.75. The van der Waals surface area contributed by atoms with E-state index >= 15 is 0 Å². The minimum atomic E-state index is -0.637. The number of ether oxygens (including phenoxy) is 1. The summed E-state index contributed by atoms with van der Waals surface area (Å²) in [4.78, 5) is 38.4. The molecule has 1 aromatic heterocycles. The molecule has 4 rings (SSSR count). The number of rotatable bonds is 6. The van der Waals surface area contributed by atoms with Crippen LogP contribution in [-0.2, 0) is 27.5 Å². The lowest BCUT2D eigenvalue weighted by Crippen LogP contribution is -2.62. The summed E-state index contributed by atoms with van der Waals surface area (Å²) in [6.45, 7) is 2.28. The number of amides is 1. The number of nitrogens with zero attached hydrogens (tertiary/aromatic N) is 5. The van der Waals surface area contributed by atoms with E-state index in [-0.39, 0.29) is 34.7 Å². The van der Waals surface area contributed by atoms with Gasteiger partial charge in [-0.25, -0.2) is 4.79 Å². The number of thioether (sulfide) groups is 1. The van der Waals surface area contributed by atoms with Crippen molar-refractivity contribution in [1.82, 2.24) is 19.9 Å². The molecule has 146 valence electrons. The molecule has 3 heterocycles. The van der Waals surface area contributed by atoms with E-state index in [1.54, 1.807) is 41.2 Å². The summed E-state index contributed by atoms with van der Waals surface area (Å²) in [5, 5.41) is 18.6. The molecule has 0 saturated carbocycles.